The molecule has 1 saturated heterocycles. The van der Waals surface area contributed by atoms with Gasteiger partial charge in [0.2, 0.25) is 0 Å². The van der Waals surface area contributed by atoms with Crippen molar-refractivity contribution in [1.82, 2.24) is 4.90 Å². The number of hydrogen-bond acceptors (Lipinski definition) is 3. The summed E-state index contributed by atoms with van der Waals surface area (Å²) >= 11 is 0. The van der Waals surface area contributed by atoms with Crippen molar-refractivity contribution in [2.24, 2.45) is 17.6 Å². The van der Waals surface area contributed by atoms with E-state index in [1.54, 1.807) is 4.90 Å². The van der Waals surface area contributed by atoms with E-state index in [4.69, 9.17) is 10.5 Å². The molecule has 0 unspecified atom stereocenters. The first-order valence-electron chi connectivity index (χ1n) is 6.83. The van der Waals surface area contributed by atoms with Gasteiger partial charge in [0.15, 0.2) is 0 Å². The minimum atomic E-state index is -0.240. The number of rotatable bonds is 2. The van der Waals surface area contributed by atoms with Gasteiger partial charge in [-0.1, -0.05) is 37.3 Å². The number of likely N-dealkylation sites (tertiary alicyclic amines) is 1. The van der Waals surface area contributed by atoms with Crippen molar-refractivity contribution in [2.45, 2.75) is 25.5 Å². The first kappa shape index (κ1) is 12.5. The number of carbonyl (C=O) groups is 1. The van der Waals surface area contributed by atoms with Crippen LogP contribution in [0.3, 0.4) is 0 Å². The van der Waals surface area contributed by atoms with Gasteiger partial charge < -0.3 is 15.4 Å². The van der Waals surface area contributed by atoms with Crippen molar-refractivity contribution in [3.8, 4) is 0 Å². The highest BCUT2D eigenvalue weighted by atomic mass is 16.6. The maximum atomic E-state index is 12.0. The molecule has 0 aromatic heterocycles. The Kier molecular flexibility index (Phi) is 2.97. The molecule has 2 aliphatic rings. The van der Waals surface area contributed by atoms with E-state index in [1.807, 2.05) is 30.3 Å². The number of ether oxygens (including phenoxy) is 1. The molecule has 0 bridgehead atoms. The molecule has 4 heteroatoms. The predicted molar refractivity (Wildman–Crippen MR) is 72.4 cm³/mol. The molecule has 1 aromatic rings. The monoisotopic (exact) mass is 260 g/mol. The van der Waals surface area contributed by atoms with Gasteiger partial charge in [0.05, 0.1) is 0 Å². The van der Waals surface area contributed by atoms with Gasteiger partial charge in [0.25, 0.3) is 0 Å². The van der Waals surface area contributed by atoms with Crippen LogP contribution in [0, 0.1) is 11.8 Å². The second kappa shape index (κ2) is 4.53. The molecule has 1 saturated carbocycles. The minimum Gasteiger partial charge on any atom is -0.445 e. The standard InChI is InChI=1S/C15H20N2O2/c1-11-7-15(16)10-17(8-13(11)15)14(18)19-9-12-5-3-2-4-6-12/h2-6,11,13H,7-10,16H2,1H3/t11-,13+,15-/m1/s1. The Hall–Kier alpha value is -1.55. The van der Waals surface area contributed by atoms with Gasteiger partial charge in [-0.15, -0.1) is 0 Å². The van der Waals surface area contributed by atoms with Crippen LogP contribution in [-0.4, -0.2) is 29.6 Å². The van der Waals surface area contributed by atoms with Crippen LogP contribution in [0.2, 0.25) is 0 Å². The summed E-state index contributed by atoms with van der Waals surface area (Å²) in [6, 6.07) is 9.73. The number of nitrogens with zero attached hydrogens (tertiary/aromatic N) is 1. The van der Waals surface area contributed by atoms with Gasteiger partial charge in [-0.3, -0.25) is 0 Å². The molecule has 3 rings (SSSR count). The summed E-state index contributed by atoms with van der Waals surface area (Å²) in [7, 11) is 0. The molecule has 1 amide bonds. The molecule has 1 aliphatic heterocycles. The molecule has 1 aromatic carbocycles. The zero-order chi connectivity index (χ0) is 13.5. The third kappa shape index (κ3) is 2.21. The van der Waals surface area contributed by atoms with Gasteiger partial charge in [-0.25, -0.2) is 4.79 Å². The van der Waals surface area contributed by atoms with Crippen LogP contribution < -0.4 is 5.73 Å². The Morgan fingerprint density at radius 1 is 1.47 bits per heavy atom. The number of hydrogen-bond donors (Lipinski definition) is 1. The van der Waals surface area contributed by atoms with E-state index >= 15 is 0 Å². The Morgan fingerprint density at radius 3 is 2.84 bits per heavy atom. The molecule has 2 fully saturated rings. The quantitative estimate of drug-likeness (QED) is 0.884. The summed E-state index contributed by atoms with van der Waals surface area (Å²) in [5, 5.41) is 0. The highest BCUT2D eigenvalue weighted by Crippen LogP contribution is 2.47. The van der Waals surface area contributed by atoms with Crippen LogP contribution in [0.1, 0.15) is 18.9 Å². The molecule has 2 N–H and O–H groups in total. The van der Waals surface area contributed by atoms with Crippen molar-refractivity contribution >= 4 is 6.09 Å². The smallest absolute Gasteiger partial charge is 0.410 e. The first-order chi connectivity index (χ1) is 9.08. The third-order valence-corrected chi connectivity index (χ3v) is 4.49. The molecular weight excluding hydrogens is 240 g/mol. The van der Waals surface area contributed by atoms with E-state index in [0.29, 0.717) is 25.0 Å². The molecule has 1 aliphatic carbocycles. The Balaban J connectivity index is 1.55. The number of carbonyl (C=O) groups excluding carboxylic acids is 1. The predicted octanol–water partition coefficient (Wildman–Crippen LogP) is 1.99. The lowest BCUT2D eigenvalue weighted by Crippen LogP contribution is -2.59. The normalized spacial score (nSPS) is 32.6. The van der Waals surface area contributed by atoms with Gasteiger partial charge >= 0.3 is 6.09 Å². The molecule has 102 valence electrons. The molecule has 0 radical (unpaired) electrons. The summed E-state index contributed by atoms with van der Waals surface area (Å²) in [6.45, 7) is 3.91. The van der Waals surface area contributed by atoms with Crippen molar-refractivity contribution in [3.05, 3.63) is 35.9 Å². The zero-order valence-corrected chi connectivity index (χ0v) is 11.2. The summed E-state index contributed by atoms with van der Waals surface area (Å²) in [5.74, 6) is 1.06. The van der Waals surface area contributed by atoms with Gasteiger partial charge in [-0.05, 0) is 23.8 Å². The summed E-state index contributed by atoms with van der Waals surface area (Å²) in [5.41, 5.74) is 7.13. The van der Waals surface area contributed by atoms with E-state index in [-0.39, 0.29) is 11.6 Å². The molecular formula is C15H20N2O2. The van der Waals surface area contributed by atoms with E-state index < -0.39 is 0 Å². The van der Waals surface area contributed by atoms with Crippen molar-refractivity contribution in [2.75, 3.05) is 13.1 Å². The molecule has 1 heterocycles. The van der Waals surface area contributed by atoms with Crippen LogP contribution in [-0.2, 0) is 11.3 Å². The van der Waals surface area contributed by atoms with Gasteiger partial charge in [0.1, 0.15) is 6.61 Å². The van der Waals surface area contributed by atoms with Crippen LogP contribution in [0.4, 0.5) is 4.79 Å². The largest absolute Gasteiger partial charge is 0.445 e. The molecule has 3 atom stereocenters. The van der Waals surface area contributed by atoms with Crippen molar-refractivity contribution < 1.29 is 9.53 Å². The van der Waals surface area contributed by atoms with Crippen molar-refractivity contribution in [3.63, 3.8) is 0 Å². The molecule has 4 nitrogen and oxygen atoms in total. The lowest BCUT2D eigenvalue weighted by molar-refractivity contribution is 0.100. The fraction of sp³-hybridized carbons (Fsp3) is 0.533. The van der Waals surface area contributed by atoms with Crippen LogP contribution in [0.25, 0.3) is 0 Å². The average Bonchev–Trinajstić information content (AvgIpc) is 2.69. The minimum absolute atomic E-state index is 0.162. The van der Waals surface area contributed by atoms with Crippen LogP contribution in [0.5, 0.6) is 0 Å². The molecule has 19 heavy (non-hydrogen) atoms. The Bertz CT molecular complexity index is 476. The average molecular weight is 260 g/mol. The van der Waals surface area contributed by atoms with E-state index in [2.05, 4.69) is 6.92 Å². The van der Waals surface area contributed by atoms with Crippen molar-refractivity contribution in [1.29, 1.82) is 0 Å². The highest BCUT2D eigenvalue weighted by Gasteiger charge is 2.55. The highest BCUT2D eigenvalue weighted by molar-refractivity contribution is 5.68. The number of benzene rings is 1. The SMILES string of the molecule is C[C@@H]1C[C@@]2(N)CN(C(=O)OCc3ccccc3)C[C@@H]12. The van der Waals surface area contributed by atoms with Gasteiger partial charge in [-0.2, -0.15) is 0 Å². The maximum absolute atomic E-state index is 12.0. The van der Waals surface area contributed by atoms with Crippen LogP contribution >= 0.6 is 0 Å². The molecule has 0 spiro atoms. The summed E-state index contributed by atoms with van der Waals surface area (Å²) in [6.07, 6.45) is 0.774. The van der Waals surface area contributed by atoms with Crippen LogP contribution in [0.15, 0.2) is 30.3 Å². The summed E-state index contributed by atoms with van der Waals surface area (Å²) in [4.78, 5) is 13.8. The first-order valence-corrected chi connectivity index (χ1v) is 6.83. The third-order valence-electron chi connectivity index (χ3n) is 4.49. The summed E-state index contributed by atoms with van der Waals surface area (Å²) < 4.78 is 5.35. The fourth-order valence-corrected chi connectivity index (χ4v) is 3.45. The zero-order valence-electron chi connectivity index (χ0n) is 11.2. The lowest BCUT2D eigenvalue weighted by atomic mass is 9.62. The second-order valence-corrected chi connectivity index (χ2v) is 5.94. The lowest BCUT2D eigenvalue weighted by Gasteiger charge is -2.46. The van der Waals surface area contributed by atoms with E-state index in [1.165, 1.54) is 0 Å². The topological polar surface area (TPSA) is 55.6 Å². The Labute approximate surface area is 113 Å². The fourth-order valence-electron chi connectivity index (χ4n) is 3.45. The second-order valence-electron chi connectivity index (χ2n) is 5.94. The van der Waals surface area contributed by atoms with Gasteiger partial charge in [0, 0.05) is 18.6 Å². The maximum Gasteiger partial charge on any atom is 0.410 e. The number of fused-ring (bicyclic) bond motifs is 1. The number of amides is 1. The Morgan fingerprint density at radius 2 is 2.21 bits per heavy atom. The number of nitrogens with two attached hydrogens (primary N) is 1. The van der Waals surface area contributed by atoms with E-state index in [9.17, 15) is 4.79 Å². The van der Waals surface area contributed by atoms with E-state index in [0.717, 1.165) is 18.5 Å².